The topological polar surface area (TPSA) is 64.3 Å². The Morgan fingerprint density at radius 1 is 1.17 bits per heavy atom. The van der Waals surface area contributed by atoms with Crippen LogP contribution in [0.4, 0.5) is 0 Å². The maximum atomic E-state index is 11.8. The first-order valence-electron chi connectivity index (χ1n) is 7.38. The van der Waals surface area contributed by atoms with Gasteiger partial charge in [0.2, 0.25) is 5.91 Å². The molecule has 3 N–H and O–H groups in total. The van der Waals surface area contributed by atoms with Gasteiger partial charge in [-0.3, -0.25) is 4.79 Å². The van der Waals surface area contributed by atoms with E-state index >= 15 is 0 Å². The first kappa shape index (κ1) is 13.8. The number of carbonyl (C=O) groups is 1. The maximum absolute atomic E-state index is 11.8. The molecule has 0 aromatic rings. The Hall–Kier alpha value is -0.610. The molecule has 1 unspecified atom stereocenters. The fourth-order valence-electron chi connectivity index (χ4n) is 2.90. The Labute approximate surface area is 110 Å². The minimum absolute atomic E-state index is 0.150. The highest BCUT2D eigenvalue weighted by Gasteiger charge is 2.21. The average molecular weight is 254 g/mol. The summed E-state index contributed by atoms with van der Waals surface area (Å²) in [5.41, 5.74) is 5.87. The number of amides is 1. The van der Waals surface area contributed by atoms with Crippen LogP contribution >= 0.6 is 0 Å². The van der Waals surface area contributed by atoms with Gasteiger partial charge in [0.05, 0.1) is 12.5 Å². The highest BCUT2D eigenvalue weighted by atomic mass is 16.5. The number of hydrogen-bond acceptors (Lipinski definition) is 3. The van der Waals surface area contributed by atoms with E-state index in [2.05, 4.69) is 5.32 Å². The number of hydrogen-bond donors (Lipinski definition) is 2. The lowest BCUT2D eigenvalue weighted by molar-refractivity contribution is -0.125. The van der Waals surface area contributed by atoms with Gasteiger partial charge in [0.15, 0.2) is 0 Å². The van der Waals surface area contributed by atoms with E-state index in [1.54, 1.807) is 0 Å². The van der Waals surface area contributed by atoms with E-state index in [9.17, 15) is 4.79 Å². The molecule has 1 heterocycles. The monoisotopic (exact) mass is 254 g/mol. The molecule has 1 atom stereocenters. The Bertz CT molecular complexity index is 257. The summed E-state index contributed by atoms with van der Waals surface area (Å²) in [6.07, 6.45) is 8.57. The predicted molar refractivity (Wildman–Crippen MR) is 71.2 cm³/mol. The molecule has 1 aliphatic heterocycles. The van der Waals surface area contributed by atoms with Gasteiger partial charge in [-0.15, -0.1) is 0 Å². The van der Waals surface area contributed by atoms with Gasteiger partial charge in [0.1, 0.15) is 0 Å². The molecule has 0 radical (unpaired) electrons. The third-order valence-corrected chi connectivity index (χ3v) is 4.17. The first-order valence-corrected chi connectivity index (χ1v) is 7.38. The van der Waals surface area contributed by atoms with Crippen molar-refractivity contribution >= 4 is 5.91 Å². The number of carbonyl (C=O) groups excluding carboxylic acids is 1. The van der Waals surface area contributed by atoms with Crippen molar-refractivity contribution in [2.75, 3.05) is 13.2 Å². The van der Waals surface area contributed by atoms with Crippen molar-refractivity contribution in [3.63, 3.8) is 0 Å². The molecule has 0 aromatic carbocycles. The highest BCUT2D eigenvalue weighted by Crippen LogP contribution is 2.22. The van der Waals surface area contributed by atoms with Crippen molar-refractivity contribution in [2.45, 2.75) is 63.5 Å². The smallest absolute Gasteiger partial charge is 0.222 e. The summed E-state index contributed by atoms with van der Waals surface area (Å²) in [7, 11) is 0. The highest BCUT2D eigenvalue weighted by molar-refractivity contribution is 5.76. The SMILES string of the molecule is NC1CCC(CNC(=O)CC2CCCCO2)CC1. The van der Waals surface area contributed by atoms with E-state index in [0.29, 0.717) is 18.4 Å². The molecular weight excluding hydrogens is 228 g/mol. The van der Waals surface area contributed by atoms with E-state index in [4.69, 9.17) is 10.5 Å². The minimum atomic E-state index is 0.150. The summed E-state index contributed by atoms with van der Waals surface area (Å²) in [4.78, 5) is 11.8. The maximum Gasteiger partial charge on any atom is 0.222 e. The lowest BCUT2D eigenvalue weighted by Crippen LogP contribution is -2.36. The van der Waals surface area contributed by atoms with E-state index in [1.165, 1.54) is 6.42 Å². The van der Waals surface area contributed by atoms with Crippen LogP contribution in [-0.2, 0) is 9.53 Å². The van der Waals surface area contributed by atoms with Crippen molar-refractivity contribution in [3.8, 4) is 0 Å². The van der Waals surface area contributed by atoms with Crippen molar-refractivity contribution in [2.24, 2.45) is 11.7 Å². The van der Waals surface area contributed by atoms with Crippen molar-refractivity contribution in [3.05, 3.63) is 0 Å². The summed E-state index contributed by atoms with van der Waals surface area (Å²) in [5.74, 6) is 0.776. The third kappa shape index (κ3) is 4.58. The Morgan fingerprint density at radius 2 is 1.94 bits per heavy atom. The lowest BCUT2D eigenvalue weighted by atomic mass is 9.86. The first-order chi connectivity index (χ1) is 8.74. The summed E-state index contributed by atoms with van der Waals surface area (Å²) >= 11 is 0. The lowest BCUT2D eigenvalue weighted by Gasteiger charge is -2.26. The van der Waals surface area contributed by atoms with Crippen LogP contribution in [0.25, 0.3) is 0 Å². The van der Waals surface area contributed by atoms with Gasteiger partial charge in [-0.1, -0.05) is 0 Å². The van der Waals surface area contributed by atoms with Crippen LogP contribution in [0, 0.1) is 5.92 Å². The van der Waals surface area contributed by atoms with E-state index in [1.807, 2.05) is 0 Å². The molecule has 0 bridgehead atoms. The molecule has 0 spiro atoms. The van der Waals surface area contributed by atoms with Gasteiger partial charge >= 0.3 is 0 Å². The number of nitrogens with one attached hydrogen (secondary N) is 1. The molecule has 18 heavy (non-hydrogen) atoms. The van der Waals surface area contributed by atoms with Gasteiger partial charge in [-0.25, -0.2) is 0 Å². The summed E-state index contributed by atoms with van der Waals surface area (Å²) in [5, 5.41) is 3.05. The molecular formula is C14H26N2O2. The summed E-state index contributed by atoms with van der Waals surface area (Å²) in [6.45, 7) is 1.64. The second-order valence-corrected chi connectivity index (χ2v) is 5.78. The predicted octanol–water partition coefficient (Wildman–Crippen LogP) is 1.58. The van der Waals surface area contributed by atoms with Gasteiger partial charge in [0.25, 0.3) is 0 Å². The third-order valence-electron chi connectivity index (χ3n) is 4.17. The van der Waals surface area contributed by atoms with Gasteiger partial charge in [-0.05, 0) is 50.9 Å². The molecule has 104 valence electrons. The summed E-state index contributed by atoms with van der Waals surface area (Å²) < 4.78 is 5.58. The molecule has 2 fully saturated rings. The van der Waals surface area contributed by atoms with E-state index in [0.717, 1.165) is 51.7 Å². The Kier molecular flexibility index (Phi) is 5.45. The van der Waals surface area contributed by atoms with Crippen LogP contribution in [0.3, 0.4) is 0 Å². The molecule has 2 aliphatic rings. The van der Waals surface area contributed by atoms with Gasteiger partial charge in [-0.2, -0.15) is 0 Å². The zero-order valence-corrected chi connectivity index (χ0v) is 11.2. The zero-order valence-electron chi connectivity index (χ0n) is 11.2. The van der Waals surface area contributed by atoms with Crippen LogP contribution in [0.1, 0.15) is 51.4 Å². The van der Waals surface area contributed by atoms with Crippen LogP contribution < -0.4 is 11.1 Å². The molecule has 2 rings (SSSR count). The number of nitrogens with two attached hydrogens (primary N) is 1. The van der Waals surface area contributed by atoms with Gasteiger partial charge < -0.3 is 15.8 Å². The number of ether oxygens (including phenoxy) is 1. The second kappa shape index (κ2) is 7.10. The minimum Gasteiger partial charge on any atom is -0.378 e. The largest absolute Gasteiger partial charge is 0.378 e. The normalized spacial score (nSPS) is 33.1. The molecule has 0 aromatic heterocycles. The van der Waals surface area contributed by atoms with Crippen LogP contribution in [-0.4, -0.2) is 31.2 Å². The molecule has 1 saturated heterocycles. The van der Waals surface area contributed by atoms with E-state index in [-0.39, 0.29) is 12.0 Å². The van der Waals surface area contributed by atoms with Crippen molar-refractivity contribution in [1.29, 1.82) is 0 Å². The fourth-order valence-corrected chi connectivity index (χ4v) is 2.90. The molecule has 4 heteroatoms. The second-order valence-electron chi connectivity index (χ2n) is 5.78. The Morgan fingerprint density at radius 3 is 2.61 bits per heavy atom. The fraction of sp³-hybridized carbons (Fsp3) is 0.929. The molecule has 4 nitrogen and oxygen atoms in total. The van der Waals surface area contributed by atoms with Crippen molar-refractivity contribution in [1.82, 2.24) is 5.32 Å². The van der Waals surface area contributed by atoms with Crippen LogP contribution in [0.2, 0.25) is 0 Å². The molecule has 1 aliphatic carbocycles. The Balaban J connectivity index is 1.59. The van der Waals surface area contributed by atoms with Crippen LogP contribution in [0.15, 0.2) is 0 Å². The molecule has 1 saturated carbocycles. The number of rotatable bonds is 4. The van der Waals surface area contributed by atoms with Gasteiger partial charge in [0, 0.05) is 19.2 Å². The molecule has 1 amide bonds. The zero-order chi connectivity index (χ0) is 12.8. The average Bonchev–Trinajstić information content (AvgIpc) is 2.39. The summed E-state index contributed by atoms with van der Waals surface area (Å²) in [6, 6.07) is 0.382. The quantitative estimate of drug-likeness (QED) is 0.800. The van der Waals surface area contributed by atoms with Crippen LogP contribution in [0.5, 0.6) is 0 Å². The standard InChI is InChI=1S/C14H26N2O2/c15-12-6-4-11(5-7-12)10-16-14(17)9-13-3-1-2-8-18-13/h11-13H,1-10,15H2,(H,16,17). The van der Waals surface area contributed by atoms with Crippen molar-refractivity contribution < 1.29 is 9.53 Å². The van der Waals surface area contributed by atoms with E-state index < -0.39 is 0 Å².